The highest BCUT2D eigenvalue weighted by Gasteiger charge is 2.38. The summed E-state index contributed by atoms with van der Waals surface area (Å²) in [6, 6.07) is 0. The van der Waals surface area contributed by atoms with Crippen molar-refractivity contribution in [3.63, 3.8) is 0 Å². The second kappa shape index (κ2) is 4.96. The summed E-state index contributed by atoms with van der Waals surface area (Å²) in [4.78, 5) is 8.35. The third kappa shape index (κ3) is 8.11. The maximum Gasteiger partial charge on any atom is 0.231 e. The van der Waals surface area contributed by atoms with Crippen LogP contribution in [0.15, 0.2) is 0 Å². The molecule has 0 unspecified atom stereocenters. The van der Waals surface area contributed by atoms with Gasteiger partial charge in [0.2, 0.25) is 9.87 Å². The van der Waals surface area contributed by atoms with Crippen LogP contribution in [0, 0.1) is 5.41 Å². The third-order valence-electron chi connectivity index (χ3n) is 0.694. The standard InChI is InChI=1S/C4H7Cl3O.CHNO/c1-3(2,8)4(5,6)7;2-1-3/h8H,1-2H3;2H. The summed E-state index contributed by atoms with van der Waals surface area (Å²) < 4.78 is -1.59. The van der Waals surface area contributed by atoms with Crippen LogP contribution < -0.4 is 0 Å². The van der Waals surface area contributed by atoms with Gasteiger partial charge in [0.05, 0.1) is 0 Å². The average Bonchev–Trinajstić information content (AvgIpc) is 1.60. The Morgan fingerprint density at radius 1 is 1.36 bits per heavy atom. The van der Waals surface area contributed by atoms with E-state index < -0.39 is 9.39 Å². The van der Waals surface area contributed by atoms with Crippen LogP contribution in [0.1, 0.15) is 13.8 Å². The number of aliphatic hydroxyl groups is 1. The fraction of sp³-hybridized carbons (Fsp3) is 0.800. The largest absolute Gasteiger partial charge is 0.386 e. The van der Waals surface area contributed by atoms with Gasteiger partial charge in [0, 0.05) is 0 Å². The minimum Gasteiger partial charge on any atom is -0.386 e. The van der Waals surface area contributed by atoms with Crippen molar-refractivity contribution in [3.8, 4) is 0 Å². The number of halogens is 3. The molecular weight excluding hydrogens is 212 g/mol. The van der Waals surface area contributed by atoms with Crippen molar-refractivity contribution in [2.45, 2.75) is 23.2 Å². The molecule has 0 aromatic rings. The van der Waals surface area contributed by atoms with E-state index in [2.05, 4.69) is 0 Å². The van der Waals surface area contributed by atoms with E-state index in [1.807, 2.05) is 0 Å². The van der Waals surface area contributed by atoms with E-state index >= 15 is 0 Å². The van der Waals surface area contributed by atoms with Crippen LogP contribution in [0.5, 0.6) is 0 Å². The molecule has 3 nitrogen and oxygen atoms in total. The molecule has 11 heavy (non-hydrogen) atoms. The maximum atomic E-state index is 8.96. The van der Waals surface area contributed by atoms with E-state index in [4.69, 9.17) is 50.1 Å². The fourth-order valence-corrected chi connectivity index (χ4v) is 0. The summed E-state index contributed by atoms with van der Waals surface area (Å²) in [6.07, 6.45) is 0.750. The summed E-state index contributed by atoms with van der Waals surface area (Å²) in [6.45, 7) is 2.86. The zero-order valence-electron chi connectivity index (χ0n) is 5.99. The maximum absolute atomic E-state index is 8.96. The Labute approximate surface area is 79.8 Å². The second-order valence-corrected chi connectivity index (χ2v) is 4.44. The first-order chi connectivity index (χ1) is 4.66. The molecule has 0 aliphatic carbocycles. The molecule has 0 radical (unpaired) electrons. The molecule has 0 heterocycles. The predicted molar refractivity (Wildman–Crippen MR) is 45.0 cm³/mol. The molecule has 0 amide bonds. The first-order valence-corrected chi connectivity index (χ1v) is 3.63. The number of isocyanates is 1. The van der Waals surface area contributed by atoms with Crippen molar-refractivity contribution in [1.29, 1.82) is 5.41 Å². The monoisotopic (exact) mass is 219 g/mol. The summed E-state index contributed by atoms with van der Waals surface area (Å²) in [5.41, 5.74) is -1.27. The predicted octanol–water partition coefficient (Wildman–Crippen LogP) is 2.03. The van der Waals surface area contributed by atoms with Crippen LogP contribution in [0.2, 0.25) is 0 Å². The van der Waals surface area contributed by atoms with E-state index in [0.29, 0.717) is 0 Å². The summed E-state index contributed by atoms with van der Waals surface area (Å²) >= 11 is 15.9. The average molecular weight is 220 g/mol. The molecule has 0 fully saturated rings. The highest BCUT2D eigenvalue weighted by molar-refractivity contribution is 6.68. The van der Waals surface area contributed by atoms with Gasteiger partial charge >= 0.3 is 0 Å². The Morgan fingerprint density at radius 2 is 1.45 bits per heavy atom. The number of hydrogen-bond acceptors (Lipinski definition) is 3. The van der Waals surface area contributed by atoms with Gasteiger partial charge in [-0.25, -0.2) is 10.2 Å². The zero-order valence-corrected chi connectivity index (χ0v) is 8.26. The molecule has 0 saturated carbocycles. The Bertz CT molecular complexity index is 129. The topological polar surface area (TPSA) is 61.1 Å². The summed E-state index contributed by atoms with van der Waals surface area (Å²) in [7, 11) is 0. The van der Waals surface area contributed by atoms with Gasteiger partial charge in [0.25, 0.3) is 0 Å². The lowest BCUT2D eigenvalue weighted by molar-refractivity contribution is 0.0847. The number of hydrogen-bond donors (Lipinski definition) is 2. The van der Waals surface area contributed by atoms with E-state index in [0.717, 1.165) is 6.08 Å². The van der Waals surface area contributed by atoms with Gasteiger partial charge < -0.3 is 5.11 Å². The SMILES string of the molecule is CC(C)(O)C(Cl)(Cl)Cl.N=C=O. The number of carbonyl (C=O) groups excluding carboxylic acids is 1. The van der Waals surface area contributed by atoms with Crippen molar-refractivity contribution in [2.75, 3.05) is 0 Å². The molecule has 0 aliphatic heterocycles. The van der Waals surface area contributed by atoms with Crippen molar-refractivity contribution in [1.82, 2.24) is 0 Å². The number of rotatable bonds is 0. The molecule has 66 valence electrons. The van der Waals surface area contributed by atoms with Crippen LogP contribution in [0.3, 0.4) is 0 Å². The van der Waals surface area contributed by atoms with E-state index in [9.17, 15) is 0 Å². The molecule has 0 bridgehead atoms. The lowest BCUT2D eigenvalue weighted by Gasteiger charge is -2.25. The molecule has 0 aromatic carbocycles. The van der Waals surface area contributed by atoms with Crippen molar-refractivity contribution < 1.29 is 9.90 Å². The molecule has 0 aromatic heterocycles. The van der Waals surface area contributed by atoms with Crippen molar-refractivity contribution in [2.24, 2.45) is 0 Å². The van der Waals surface area contributed by atoms with Crippen LogP contribution >= 0.6 is 34.8 Å². The number of nitrogens with one attached hydrogen (secondary N) is 1. The lowest BCUT2D eigenvalue weighted by atomic mass is 10.2. The van der Waals surface area contributed by atoms with E-state index in [1.54, 1.807) is 0 Å². The van der Waals surface area contributed by atoms with Gasteiger partial charge in [-0.05, 0) is 13.8 Å². The molecule has 6 heteroatoms. The highest BCUT2D eigenvalue weighted by atomic mass is 35.6. The van der Waals surface area contributed by atoms with Gasteiger partial charge in [-0.1, -0.05) is 34.8 Å². The Hall–Kier alpha value is 0.210. The van der Waals surface area contributed by atoms with Crippen LogP contribution in [-0.2, 0) is 4.79 Å². The van der Waals surface area contributed by atoms with Gasteiger partial charge in [-0.2, -0.15) is 0 Å². The Kier molecular flexibility index (Phi) is 6.22. The second-order valence-electron chi connectivity index (χ2n) is 2.16. The lowest BCUT2D eigenvalue weighted by Crippen LogP contribution is -2.35. The van der Waals surface area contributed by atoms with Gasteiger partial charge in [0.1, 0.15) is 5.60 Å². The fourth-order valence-electron chi connectivity index (χ4n) is 0. The minimum atomic E-state index is -1.59. The van der Waals surface area contributed by atoms with Crippen LogP contribution in [-0.4, -0.2) is 20.6 Å². The molecule has 2 N–H and O–H groups in total. The normalized spacial score (nSPS) is 11.1. The Morgan fingerprint density at radius 3 is 1.45 bits per heavy atom. The smallest absolute Gasteiger partial charge is 0.231 e. The quantitative estimate of drug-likeness (QED) is 0.373. The Balaban J connectivity index is 0. The van der Waals surface area contributed by atoms with Gasteiger partial charge in [-0.3, -0.25) is 0 Å². The number of alkyl halides is 3. The molecule has 0 saturated heterocycles. The van der Waals surface area contributed by atoms with E-state index in [1.165, 1.54) is 13.8 Å². The van der Waals surface area contributed by atoms with Gasteiger partial charge in [0.15, 0.2) is 0 Å². The first-order valence-electron chi connectivity index (χ1n) is 2.49. The van der Waals surface area contributed by atoms with Crippen molar-refractivity contribution >= 4 is 40.9 Å². The molecule has 0 rings (SSSR count). The van der Waals surface area contributed by atoms with Crippen LogP contribution in [0.25, 0.3) is 0 Å². The van der Waals surface area contributed by atoms with E-state index in [-0.39, 0.29) is 0 Å². The minimum absolute atomic E-state index is 0.750. The van der Waals surface area contributed by atoms with Crippen LogP contribution in [0.4, 0.5) is 0 Å². The van der Waals surface area contributed by atoms with Gasteiger partial charge in [-0.15, -0.1) is 0 Å². The highest BCUT2D eigenvalue weighted by Crippen LogP contribution is 2.37. The molecule has 0 spiro atoms. The summed E-state index contributed by atoms with van der Waals surface area (Å²) in [5.74, 6) is 0. The molecule has 0 aliphatic rings. The third-order valence-corrected chi connectivity index (χ3v) is 2.08. The summed E-state index contributed by atoms with van der Waals surface area (Å²) in [5, 5.41) is 14.4. The zero-order chi connectivity index (χ0) is 9.71. The van der Waals surface area contributed by atoms with Crippen molar-refractivity contribution in [3.05, 3.63) is 0 Å². The molecule has 0 atom stereocenters. The first kappa shape index (κ1) is 13.8. The molecular formula is C5H8Cl3NO2.